The third-order valence-electron chi connectivity index (χ3n) is 7.19. The molecule has 1 aliphatic carbocycles. The molecule has 2 aromatic carbocycles. The van der Waals surface area contributed by atoms with Gasteiger partial charge in [-0.25, -0.2) is 0 Å². The predicted octanol–water partition coefficient (Wildman–Crippen LogP) is 5.00. The van der Waals surface area contributed by atoms with Crippen molar-refractivity contribution < 1.29 is 14.6 Å². The highest BCUT2D eigenvalue weighted by Crippen LogP contribution is 2.47. The molecule has 0 aromatic heterocycles. The molecule has 4 rings (SSSR count). The molecular formula is C26H35NO3. The van der Waals surface area contributed by atoms with Gasteiger partial charge in [0.2, 0.25) is 0 Å². The molecule has 0 radical (unpaired) electrons. The SMILES string of the molecule is COc1ccc(C2CN(Cc3ccccc3)CC2(C)[C@H](C)O)cc1OC1CCCC1. The van der Waals surface area contributed by atoms with Gasteiger partial charge in [0.15, 0.2) is 11.5 Å². The van der Waals surface area contributed by atoms with Crippen LogP contribution in [0, 0.1) is 5.41 Å². The lowest BCUT2D eigenvalue weighted by molar-refractivity contribution is 0.0474. The molecule has 0 bridgehead atoms. The third-order valence-corrected chi connectivity index (χ3v) is 7.19. The number of rotatable bonds is 7. The fourth-order valence-electron chi connectivity index (χ4n) is 5.18. The Bertz CT molecular complexity index is 831. The quantitative estimate of drug-likeness (QED) is 0.698. The number of methoxy groups -OCH3 is 1. The lowest BCUT2D eigenvalue weighted by atomic mass is 9.72. The summed E-state index contributed by atoms with van der Waals surface area (Å²) in [4.78, 5) is 2.47. The average molecular weight is 410 g/mol. The standard InChI is InChI=1S/C26H35NO3/c1-19(28)26(2)18-27(16-20-9-5-4-6-10-20)17-23(26)21-13-14-24(29-3)25(15-21)30-22-11-7-8-12-22/h4-6,9-10,13-15,19,22-23,28H,7-8,11-12,16-18H2,1-3H3/t19-,23?,26?/m0/s1. The molecule has 1 saturated heterocycles. The second-order valence-corrected chi connectivity index (χ2v) is 9.32. The van der Waals surface area contributed by atoms with Gasteiger partial charge in [0.25, 0.3) is 0 Å². The van der Waals surface area contributed by atoms with Crippen molar-refractivity contribution >= 4 is 0 Å². The van der Waals surface area contributed by atoms with Crippen molar-refractivity contribution in [2.24, 2.45) is 5.41 Å². The van der Waals surface area contributed by atoms with Crippen LogP contribution in [0.1, 0.15) is 56.6 Å². The fraction of sp³-hybridized carbons (Fsp3) is 0.538. The first-order chi connectivity index (χ1) is 14.5. The van der Waals surface area contributed by atoms with Crippen molar-refractivity contribution in [3.05, 3.63) is 59.7 Å². The zero-order chi connectivity index (χ0) is 21.1. The molecule has 2 aromatic rings. The summed E-state index contributed by atoms with van der Waals surface area (Å²) in [6.45, 7) is 6.84. The van der Waals surface area contributed by atoms with Crippen LogP contribution >= 0.6 is 0 Å². The highest BCUT2D eigenvalue weighted by Gasteiger charge is 2.47. The molecule has 2 aliphatic rings. The minimum Gasteiger partial charge on any atom is -0.493 e. The van der Waals surface area contributed by atoms with Crippen LogP contribution < -0.4 is 9.47 Å². The van der Waals surface area contributed by atoms with E-state index in [1.54, 1.807) is 7.11 Å². The monoisotopic (exact) mass is 409 g/mol. The molecule has 1 heterocycles. The Kier molecular flexibility index (Phi) is 6.35. The molecule has 3 atom stereocenters. The van der Waals surface area contributed by atoms with Gasteiger partial charge in [-0.2, -0.15) is 0 Å². The van der Waals surface area contributed by atoms with Crippen LogP contribution in [-0.2, 0) is 6.54 Å². The molecule has 2 unspecified atom stereocenters. The first kappa shape index (κ1) is 21.2. The lowest BCUT2D eigenvalue weighted by Gasteiger charge is -2.34. The van der Waals surface area contributed by atoms with Crippen molar-refractivity contribution in [2.75, 3.05) is 20.2 Å². The van der Waals surface area contributed by atoms with Crippen LogP contribution in [-0.4, -0.2) is 42.4 Å². The summed E-state index contributed by atoms with van der Waals surface area (Å²) in [6, 6.07) is 16.9. The van der Waals surface area contributed by atoms with E-state index in [2.05, 4.69) is 54.3 Å². The van der Waals surface area contributed by atoms with Crippen molar-refractivity contribution in [3.63, 3.8) is 0 Å². The van der Waals surface area contributed by atoms with Crippen molar-refractivity contribution in [3.8, 4) is 11.5 Å². The number of nitrogens with zero attached hydrogens (tertiary/aromatic N) is 1. The van der Waals surface area contributed by atoms with Gasteiger partial charge in [-0.1, -0.05) is 43.3 Å². The molecule has 2 fully saturated rings. The van der Waals surface area contributed by atoms with Gasteiger partial charge >= 0.3 is 0 Å². The summed E-state index contributed by atoms with van der Waals surface area (Å²) in [6.07, 6.45) is 4.60. The molecule has 1 aliphatic heterocycles. The van der Waals surface area contributed by atoms with E-state index >= 15 is 0 Å². The Balaban J connectivity index is 1.59. The lowest BCUT2D eigenvalue weighted by Crippen LogP contribution is -2.37. The highest BCUT2D eigenvalue weighted by atomic mass is 16.5. The molecule has 4 heteroatoms. The largest absolute Gasteiger partial charge is 0.493 e. The zero-order valence-corrected chi connectivity index (χ0v) is 18.5. The molecule has 30 heavy (non-hydrogen) atoms. The van der Waals surface area contributed by atoms with Gasteiger partial charge in [-0.05, 0) is 55.9 Å². The second kappa shape index (κ2) is 8.99. The summed E-state index contributed by atoms with van der Waals surface area (Å²) >= 11 is 0. The van der Waals surface area contributed by atoms with Crippen LogP contribution in [0.2, 0.25) is 0 Å². The smallest absolute Gasteiger partial charge is 0.161 e. The van der Waals surface area contributed by atoms with E-state index in [0.29, 0.717) is 0 Å². The Labute approximate surface area is 180 Å². The maximum Gasteiger partial charge on any atom is 0.161 e. The number of aliphatic hydroxyl groups is 1. The molecule has 4 nitrogen and oxygen atoms in total. The van der Waals surface area contributed by atoms with Crippen molar-refractivity contribution in [1.82, 2.24) is 4.90 Å². The Morgan fingerprint density at radius 3 is 2.50 bits per heavy atom. The number of likely N-dealkylation sites (tertiary alicyclic amines) is 1. The highest BCUT2D eigenvalue weighted by molar-refractivity contribution is 5.45. The topological polar surface area (TPSA) is 41.9 Å². The van der Waals surface area contributed by atoms with Gasteiger partial charge < -0.3 is 14.6 Å². The number of hydrogen-bond acceptors (Lipinski definition) is 4. The average Bonchev–Trinajstić information content (AvgIpc) is 3.37. The summed E-state index contributed by atoms with van der Waals surface area (Å²) in [7, 11) is 1.70. The van der Waals surface area contributed by atoms with E-state index in [0.717, 1.165) is 44.0 Å². The number of benzene rings is 2. The van der Waals surface area contributed by atoms with Gasteiger partial charge in [0.1, 0.15) is 0 Å². The molecular weight excluding hydrogens is 374 g/mol. The Hall–Kier alpha value is -2.04. The zero-order valence-electron chi connectivity index (χ0n) is 18.5. The van der Waals surface area contributed by atoms with E-state index in [4.69, 9.17) is 9.47 Å². The maximum absolute atomic E-state index is 10.7. The summed E-state index contributed by atoms with van der Waals surface area (Å²) in [5, 5.41) is 10.7. The van der Waals surface area contributed by atoms with Gasteiger partial charge in [0.05, 0.1) is 19.3 Å². The Morgan fingerprint density at radius 1 is 1.10 bits per heavy atom. The van der Waals surface area contributed by atoms with E-state index in [1.807, 2.05) is 13.0 Å². The molecule has 0 amide bonds. The van der Waals surface area contributed by atoms with Crippen LogP contribution in [0.4, 0.5) is 0 Å². The van der Waals surface area contributed by atoms with Gasteiger partial charge in [-0.3, -0.25) is 4.90 Å². The van der Waals surface area contributed by atoms with Crippen LogP contribution in [0.3, 0.4) is 0 Å². The fourth-order valence-corrected chi connectivity index (χ4v) is 5.18. The minimum atomic E-state index is -0.399. The summed E-state index contributed by atoms with van der Waals surface area (Å²) in [5.41, 5.74) is 2.32. The third kappa shape index (κ3) is 4.35. The van der Waals surface area contributed by atoms with E-state index in [9.17, 15) is 5.11 Å². The number of hydrogen-bond donors (Lipinski definition) is 1. The van der Waals surface area contributed by atoms with E-state index < -0.39 is 6.10 Å². The minimum absolute atomic E-state index is 0.214. The molecule has 0 spiro atoms. The predicted molar refractivity (Wildman–Crippen MR) is 120 cm³/mol. The summed E-state index contributed by atoms with van der Waals surface area (Å²) in [5.74, 6) is 1.87. The van der Waals surface area contributed by atoms with E-state index in [1.165, 1.54) is 24.0 Å². The van der Waals surface area contributed by atoms with Gasteiger partial charge in [-0.15, -0.1) is 0 Å². The van der Waals surface area contributed by atoms with Crippen LogP contribution in [0.25, 0.3) is 0 Å². The molecule has 1 saturated carbocycles. The Morgan fingerprint density at radius 2 is 1.83 bits per heavy atom. The number of ether oxygens (including phenoxy) is 2. The maximum atomic E-state index is 10.7. The first-order valence-electron chi connectivity index (χ1n) is 11.3. The van der Waals surface area contributed by atoms with Gasteiger partial charge in [0, 0.05) is 31.0 Å². The van der Waals surface area contributed by atoms with Crippen LogP contribution in [0.15, 0.2) is 48.5 Å². The first-order valence-corrected chi connectivity index (χ1v) is 11.3. The second-order valence-electron chi connectivity index (χ2n) is 9.32. The normalized spacial score (nSPS) is 26.1. The van der Waals surface area contributed by atoms with Crippen molar-refractivity contribution in [2.45, 2.75) is 64.2 Å². The summed E-state index contributed by atoms with van der Waals surface area (Å²) < 4.78 is 11.9. The molecule has 1 N–H and O–H groups in total. The molecule has 162 valence electrons. The van der Waals surface area contributed by atoms with Crippen molar-refractivity contribution in [1.29, 1.82) is 0 Å². The van der Waals surface area contributed by atoms with E-state index in [-0.39, 0.29) is 17.4 Å². The van der Waals surface area contributed by atoms with Crippen LogP contribution in [0.5, 0.6) is 11.5 Å². The number of aliphatic hydroxyl groups excluding tert-OH is 1.